The number of hydrogen-bond donors (Lipinski definition) is 0. The molecule has 0 amide bonds. The number of fused-ring (bicyclic) bond motifs is 2. The summed E-state index contributed by atoms with van der Waals surface area (Å²) in [7, 11) is 0. The van der Waals surface area contributed by atoms with Crippen LogP contribution in [0.1, 0.15) is 10.4 Å². The molecule has 6 heteroatoms. The predicted molar refractivity (Wildman–Crippen MR) is 97.0 cm³/mol. The van der Waals surface area contributed by atoms with Crippen LogP contribution in [0.3, 0.4) is 0 Å². The Morgan fingerprint density at radius 1 is 1.00 bits per heavy atom. The van der Waals surface area contributed by atoms with Crippen LogP contribution in [0.5, 0.6) is 0 Å². The van der Waals surface area contributed by atoms with E-state index in [1.807, 2.05) is 12.1 Å². The van der Waals surface area contributed by atoms with Crippen LogP contribution in [0, 0.1) is 0 Å². The summed E-state index contributed by atoms with van der Waals surface area (Å²) in [6, 6.07) is 12.3. The van der Waals surface area contributed by atoms with Gasteiger partial charge < -0.3 is 9.47 Å². The Balaban J connectivity index is 1.92. The number of rotatable bonds is 5. The molecule has 1 aromatic heterocycles. The second-order valence-corrected chi connectivity index (χ2v) is 6.20. The SMILES string of the molecule is C=CC(=O)OCCOC(=O)c1cccc2sc3ccccc3c(=O)c12. The Hall–Kier alpha value is -2.99. The molecular weight excluding hydrogens is 340 g/mol. The summed E-state index contributed by atoms with van der Waals surface area (Å²) in [5.74, 6) is -1.21. The number of ether oxygens (including phenoxy) is 2. The van der Waals surface area contributed by atoms with Crippen LogP contribution >= 0.6 is 11.3 Å². The molecule has 3 aromatic rings. The molecule has 0 saturated heterocycles. The van der Waals surface area contributed by atoms with E-state index in [4.69, 9.17) is 9.47 Å². The van der Waals surface area contributed by atoms with E-state index in [9.17, 15) is 14.4 Å². The molecule has 0 radical (unpaired) electrons. The molecule has 1 heterocycles. The molecule has 0 atom stereocenters. The lowest BCUT2D eigenvalue weighted by molar-refractivity contribution is -0.138. The minimum absolute atomic E-state index is 0.0723. The first-order chi connectivity index (χ1) is 12.1. The Morgan fingerprint density at radius 2 is 1.72 bits per heavy atom. The Kier molecular flexibility index (Phi) is 4.90. The Morgan fingerprint density at radius 3 is 2.52 bits per heavy atom. The summed E-state index contributed by atoms with van der Waals surface area (Å²) < 4.78 is 11.4. The topological polar surface area (TPSA) is 69.7 Å². The van der Waals surface area contributed by atoms with Crippen molar-refractivity contribution in [3.8, 4) is 0 Å². The number of esters is 2. The fraction of sp³-hybridized carbons (Fsp3) is 0.105. The van der Waals surface area contributed by atoms with Crippen molar-refractivity contribution in [1.29, 1.82) is 0 Å². The molecule has 0 saturated carbocycles. The highest BCUT2D eigenvalue weighted by atomic mass is 32.1. The lowest BCUT2D eigenvalue weighted by atomic mass is 10.1. The zero-order valence-corrected chi connectivity index (χ0v) is 14.0. The first-order valence-corrected chi connectivity index (χ1v) is 8.34. The number of hydrogen-bond acceptors (Lipinski definition) is 6. The van der Waals surface area contributed by atoms with E-state index in [1.54, 1.807) is 30.3 Å². The number of carbonyl (C=O) groups is 2. The number of carbonyl (C=O) groups excluding carboxylic acids is 2. The molecule has 0 spiro atoms. The van der Waals surface area contributed by atoms with Gasteiger partial charge in [-0.25, -0.2) is 9.59 Å². The van der Waals surface area contributed by atoms with E-state index in [1.165, 1.54) is 11.3 Å². The minimum Gasteiger partial charge on any atom is -0.459 e. The van der Waals surface area contributed by atoms with E-state index in [2.05, 4.69) is 6.58 Å². The molecule has 0 bridgehead atoms. The van der Waals surface area contributed by atoms with Crippen molar-refractivity contribution >= 4 is 43.4 Å². The van der Waals surface area contributed by atoms with Crippen molar-refractivity contribution in [2.24, 2.45) is 0 Å². The van der Waals surface area contributed by atoms with E-state index < -0.39 is 11.9 Å². The molecule has 126 valence electrons. The standard InChI is InChI=1S/C19H14O5S/c1-2-16(20)23-10-11-24-19(22)13-7-5-9-15-17(13)18(21)12-6-3-4-8-14(12)25-15/h2-9H,1,10-11H2. The van der Waals surface area contributed by atoms with E-state index in [0.29, 0.717) is 10.8 Å². The van der Waals surface area contributed by atoms with Gasteiger partial charge in [0, 0.05) is 20.9 Å². The third kappa shape index (κ3) is 3.44. The van der Waals surface area contributed by atoms with Crippen LogP contribution in [-0.4, -0.2) is 25.2 Å². The van der Waals surface area contributed by atoms with E-state index >= 15 is 0 Å². The maximum Gasteiger partial charge on any atom is 0.339 e. The van der Waals surface area contributed by atoms with Crippen LogP contribution in [0.4, 0.5) is 0 Å². The van der Waals surface area contributed by atoms with Gasteiger partial charge in [0.25, 0.3) is 0 Å². The van der Waals surface area contributed by atoms with Gasteiger partial charge in [0.2, 0.25) is 0 Å². The van der Waals surface area contributed by atoms with E-state index in [0.717, 1.165) is 15.5 Å². The maximum absolute atomic E-state index is 12.8. The lowest BCUT2D eigenvalue weighted by Gasteiger charge is -2.08. The van der Waals surface area contributed by atoms with Crippen LogP contribution in [0.25, 0.3) is 20.2 Å². The van der Waals surface area contributed by atoms with Crippen molar-refractivity contribution in [2.75, 3.05) is 13.2 Å². The van der Waals surface area contributed by atoms with Crippen LogP contribution in [0.15, 0.2) is 59.9 Å². The van der Waals surface area contributed by atoms with Crippen LogP contribution < -0.4 is 5.43 Å². The second kappa shape index (κ2) is 7.27. The normalized spacial score (nSPS) is 10.6. The van der Waals surface area contributed by atoms with Gasteiger partial charge in [0.1, 0.15) is 13.2 Å². The fourth-order valence-electron chi connectivity index (χ4n) is 2.43. The maximum atomic E-state index is 12.8. The van der Waals surface area contributed by atoms with E-state index in [-0.39, 0.29) is 24.2 Å². The molecule has 0 aliphatic rings. The quantitative estimate of drug-likeness (QED) is 0.304. The van der Waals surface area contributed by atoms with Gasteiger partial charge in [-0.05, 0) is 24.3 Å². The molecule has 0 aliphatic carbocycles. The monoisotopic (exact) mass is 354 g/mol. The average molecular weight is 354 g/mol. The van der Waals surface area contributed by atoms with Gasteiger partial charge in [-0.2, -0.15) is 0 Å². The molecule has 0 N–H and O–H groups in total. The molecule has 0 fully saturated rings. The Bertz CT molecular complexity index is 1030. The summed E-state index contributed by atoms with van der Waals surface area (Å²) in [5, 5.41) is 0.916. The zero-order valence-electron chi connectivity index (χ0n) is 13.2. The van der Waals surface area contributed by atoms with Crippen molar-refractivity contribution < 1.29 is 19.1 Å². The average Bonchev–Trinajstić information content (AvgIpc) is 2.64. The first kappa shape index (κ1) is 16.9. The molecule has 0 aliphatic heterocycles. The van der Waals surface area contributed by atoms with Crippen molar-refractivity contribution in [1.82, 2.24) is 0 Å². The van der Waals surface area contributed by atoms with Crippen LogP contribution in [-0.2, 0) is 14.3 Å². The third-order valence-electron chi connectivity index (χ3n) is 3.55. The highest BCUT2D eigenvalue weighted by Crippen LogP contribution is 2.26. The van der Waals surface area contributed by atoms with Gasteiger partial charge in [-0.15, -0.1) is 11.3 Å². The van der Waals surface area contributed by atoms with Gasteiger partial charge in [-0.3, -0.25) is 4.79 Å². The highest BCUT2D eigenvalue weighted by molar-refractivity contribution is 7.24. The lowest BCUT2D eigenvalue weighted by Crippen LogP contribution is -2.15. The summed E-state index contributed by atoms with van der Waals surface area (Å²) in [4.78, 5) is 36.1. The summed E-state index contributed by atoms with van der Waals surface area (Å²) >= 11 is 1.44. The summed E-state index contributed by atoms with van der Waals surface area (Å²) in [6.07, 6.45) is 1.03. The second-order valence-electron chi connectivity index (χ2n) is 5.11. The molecule has 0 unspecified atom stereocenters. The van der Waals surface area contributed by atoms with Gasteiger partial charge in [0.05, 0.1) is 10.9 Å². The predicted octanol–water partition coefficient (Wildman–Crippen LogP) is 3.30. The summed E-state index contributed by atoms with van der Waals surface area (Å²) in [6.45, 7) is 3.11. The molecule has 2 aromatic carbocycles. The molecule has 5 nitrogen and oxygen atoms in total. The Labute approximate surface area is 147 Å². The third-order valence-corrected chi connectivity index (χ3v) is 4.69. The highest BCUT2D eigenvalue weighted by Gasteiger charge is 2.16. The largest absolute Gasteiger partial charge is 0.459 e. The molecule has 3 rings (SSSR count). The van der Waals surface area contributed by atoms with Crippen LogP contribution in [0.2, 0.25) is 0 Å². The minimum atomic E-state index is -0.625. The molecule has 25 heavy (non-hydrogen) atoms. The zero-order chi connectivity index (χ0) is 17.8. The summed E-state index contributed by atoms with van der Waals surface area (Å²) in [5.41, 5.74) is 0.00883. The fourth-order valence-corrected chi connectivity index (χ4v) is 3.54. The van der Waals surface area contributed by atoms with Crippen molar-refractivity contribution in [3.05, 3.63) is 70.9 Å². The smallest absolute Gasteiger partial charge is 0.339 e. The number of benzene rings is 2. The van der Waals surface area contributed by atoms with Crippen molar-refractivity contribution in [2.45, 2.75) is 0 Å². The van der Waals surface area contributed by atoms with Gasteiger partial charge in [0.15, 0.2) is 5.43 Å². The molecular formula is C19H14O5S. The van der Waals surface area contributed by atoms with Crippen molar-refractivity contribution in [3.63, 3.8) is 0 Å². The first-order valence-electron chi connectivity index (χ1n) is 7.52. The van der Waals surface area contributed by atoms with Gasteiger partial charge >= 0.3 is 11.9 Å². The van der Waals surface area contributed by atoms with Gasteiger partial charge in [-0.1, -0.05) is 24.8 Å².